The lowest BCUT2D eigenvalue weighted by atomic mass is 10.2. The lowest BCUT2D eigenvalue weighted by Crippen LogP contribution is -2.48. The van der Waals surface area contributed by atoms with E-state index in [4.69, 9.17) is 17.0 Å². The van der Waals surface area contributed by atoms with Crippen molar-refractivity contribution in [1.29, 1.82) is 0 Å². The summed E-state index contributed by atoms with van der Waals surface area (Å²) in [5.41, 5.74) is 0.772. The largest absolute Gasteiger partial charge is 0.548 e. The van der Waals surface area contributed by atoms with E-state index >= 15 is 0 Å². The van der Waals surface area contributed by atoms with Gasteiger partial charge < -0.3 is 14.6 Å². The highest BCUT2D eigenvalue weighted by molar-refractivity contribution is 9.10. The third-order valence-corrected chi connectivity index (χ3v) is 4.98. The van der Waals surface area contributed by atoms with Crippen LogP contribution in [0.1, 0.15) is 12.5 Å². The number of carbonyl (C=O) groups excluding carboxylic acids is 2. The van der Waals surface area contributed by atoms with Gasteiger partial charge in [0.2, 0.25) is 0 Å². The van der Waals surface area contributed by atoms with Crippen molar-refractivity contribution in [2.75, 3.05) is 7.11 Å². The molecule has 0 bridgehead atoms. The Morgan fingerprint density at radius 2 is 2.23 bits per heavy atom. The minimum atomic E-state index is -1.34. The molecule has 0 aromatic heterocycles. The molecular formula is C14H11BrNO4S2-. The highest BCUT2D eigenvalue weighted by atomic mass is 79.9. The number of carboxylic acid groups (broad SMARTS) is 1. The Morgan fingerprint density at radius 1 is 1.55 bits per heavy atom. The number of rotatable bonds is 4. The van der Waals surface area contributed by atoms with E-state index in [1.54, 1.807) is 31.4 Å². The smallest absolute Gasteiger partial charge is 0.266 e. The molecule has 22 heavy (non-hydrogen) atoms. The molecular weight excluding hydrogens is 390 g/mol. The maximum atomic E-state index is 12.3. The van der Waals surface area contributed by atoms with Crippen LogP contribution in [0.5, 0.6) is 5.75 Å². The van der Waals surface area contributed by atoms with Crippen molar-refractivity contribution in [2.24, 2.45) is 0 Å². The zero-order valence-electron chi connectivity index (χ0n) is 11.7. The number of amides is 1. The number of ether oxygens (including phenoxy) is 1. The Labute approximate surface area is 145 Å². The molecule has 2 rings (SSSR count). The van der Waals surface area contributed by atoms with Crippen molar-refractivity contribution in [3.05, 3.63) is 33.1 Å². The molecule has 1 aromatic carbocycles. The van der Waals surface area contributed by atoms with Gasteiger partial charge in [-0.2, -0.15) is 0 Å². The Morgan fingerprint density at radius 3 is 2.77 bits per heavy atom. The first kappa shape index (κ1) is 17.0. The summed E-state index contributed by atoms with van der Waals surface area (Å²) < 4.78 is 6.10. The van der Waals surface area contributed by atoms with E-state index in [0.29, 0.717) is 10.7 Å². The van der Waals surface area contributed by atoms with Crippen LogP contribution < -0.4 is 9.84 Å². The molecule has 0 radical (unpaired) electrons. The van der Waals surface area contributed by atoms with Gasteiger partial charge in [-0.25, -0.2) is 0 Å². The van der Waals surface area contributed by atoms with E-state index in [2.05, 4.69) is 15.9 Å². The quantitative estimate of drug-likeness (QED) is 0.566. The van der Waals surface area contributed by atoms with Gasteiger partial charge >= 0.3 is 0 Å². The van der Waals surface area contributed by atoms with Crippen LogP contribution in [0.3, 0.4) is 0 Å². The van der Waals surface area contributed by atoms with Gasteiger partial charge in [-0.3, -0.25) is 9.69 Å². The molecule has 1 saturated heterocycles. The monoisotopic (exact) mass is 400 g/mol. The van der Waals surface area contributed by atoms with E-state index in [1.165, 1.54) is 6.92 Å². The third kappa shape index (κ3) is 3.34. The van der Waals surface area contributed by atoms with Gasteiger partial charge in [0.05, 0.1) is 28.5 Å². The Hall–Kier alpha value is -1.38. The van der Waals surface area contributed by atoms with Crippen molar-refractivity contribution in [3.8, 4) is 5.75 Å². The number of carboxylic acids is 1. The molecule has 0 aliphatic carbocycles. The first-order valence-corrected chi connectivity index (χ1v) is 8.18. The molecule has 1 aliphatic heterocycles. The summed E-state index contributed by atoms with van der Waals surface area (Å²) >= 11 is 9.52. The number of hydrogen-bond donors (Lipinski definition) is 0. The first-order valence-electron chi connectivity index (χ1n) is 6.16. The molecule has 0 spiro atoms. The van der Waals surface area contributed by atoms with E-state index in [0.717, 1.165) is 26.7 Å². The van der Waals surface area contributed by atoms with Gasteiger partial charge in [-0.1, -0.05) is 30.0 Å². The Balaban J connectivity index is 2.30. The van der Waals surface area contributed by atoms with Crippen LogP contribution in [0.25, 0.3) is 6.08 Å². The van der Waals surface area contributed by atoms with Gasteiger partial charge in [0.25, 0.3) is 5.91 Å². The van der Waals surface area contributed by atoms with Crippen molar-refractivity contribution in [3.63, 3.8) is 0 Å². The number of nitrogens with zero attached hydrogens (tertiary/aromatic N) is 1. The standard InChI is InChI=1S/C14H12BrNO4S2/c1-7(13(18)19)16-12(17)11(22-14(16)21)6-8-3-4-10(20-2)9(15)5-8/h3-7H,1-2H3,(H,18,19)/p-1. The lowest BCUT2D eigenvalue weighted by Gasteiger charge is -2.23. The topological polar surface area (TPSA) is 69.7 Å². The molecule has 116 valence electrons. The van der Waals surface area contributed by atoms with Crippen molar-refractivity contribution < 1.29 is 19.4 Å². The lowest BCUT2D eigenvalue weighted by molar-refractivity contribution is -0.309. The number of thiocarbonyl (C=S) groups is 1. The molecule has 1 fully saturated rings. The summed E-state index contributed by atoms with van der Waals surface area (Å²) in [6, 6.07) is 4.26. The minimum absolute atomic E-state index is 0.209. The number of benzene rings is 1. The average Bonchev–Trinajstić information content (AvgIpc) is 2.73. The molecule has 0 N–H and O–H groups in total. The van der Waals surface area contributed by atoms with E-state index < -0.39 is 17.9 Å². The first-order chi connectivity index (χ1) is 10.3. The molecule has 0 saturated carbocycles. The SMILES string of the molecule is COc1ccc(C=C2SC(=S)N(C(C)C(=O)[O-])C2=O)cc1Br. The fourth-order valence-corrected chi connectivity index (χ4v) is 3.82. The second kappa shape index (κ2) is 6.80. The second-order valence-corrected chi connectivity index (χ2v) is 6.97. The fraction of sp³-hybridized carbons (Fsp3) is 0.214. The van der Waals surface area contributed by atoms with Gasteiger partial charge in [0.15, 0.2) is 0 Å². The maximum absolute atomic E-state index is 12.3. The average molecular weight is 401 g/mol. The summed E-state index contributed by atoms with van der Waals surface area (Å²) in [6.45, 7) is 1.37. The molecule has 1 unspecified atom stereocenters. The predicted molar refractivity (Wildman–Crippen MR) is 90.2 cm³/mol. The number of methoxy groups -OCH3 is 1. The summed E-state index contributed by atoms with van der Waals surface area (Å²) in [5.74, 6) is -1.10. The summed E-state index contributed by atoms with van der Waals surface area (Å²) in [7, 11) is 1.56. The van der Waals surface area contributed by atoms with Gasteiger partial charge in [-0.15, -0.1) is 0 Å². The Kier molecular flexibility index (Phi) is 5.25. The molecule has 1 amide bonds. The molecule has 1 aromatic rings. The molecule has 1 heterocycles. The van der Waals surface area contributed by atoms with Crippen molar-refractivity contribution in [2.45, 2.75) is 13.0 Å². The second-order valence-electron chi connectivity index (χ2n) is 4.44. The van der Waals surface area contributed by atoms with Crippen LogP contribution in [0.2, 0.25) is 0 Å². The van der Waals surface area contributed by atoms with Crippen LogP contribution in [0.4, 0.5) is 0 Å². The van der Waals surface area contributed by atoms with Crippen LogP contribution in [-0.4, -0.2) is 34.2 Å². The third-order valence-electron chi connectivity index (χ3n) is 3.03. The summed E-state index contributed by atoms with van der Waals surface area (Å²) in [6.07, 6.45) is 1.66. The number of aliphatic carboxylic acids is 1. The van der Waals surface area contributed by atoms with Crippen LogP contribution in [-0.2, 0) is 9.59 Å². The maximum Gasteiger partial charge on any atom is 0.266 e. The van der Waals surface area contributed by atoms with E-state index in [1.807, 2.05) is 0 Å². The number of thioether (sulfide) groups is 1. The molecule has 1 aliphatic rings. The minimum Gasteiger partial charge on any atom is -0.548 e. The number of hydrogen-bond acceptors (Lipinski definition) is 6. The van der Waals surface area contributed by atoms with Gasteiger partial charge in [0.1, 0.15) is 10.1 Å². The highest BCUT2D eigenvalue weighted by Gasteiger charge is 2.35. The normalized spacial score (nSPS) is 18.0. The summed E-state index contributed by atoms with van der Waals surface area (Å²) in [4.78, 5) is 24.7. The van der Waals surface area contributed by atoms with Crippen molar-refractivity contribution in [1.82, 2.24) is 4.90 Å². The van der Waals surface area contributed by atoms with E-state index in [9.17, 15) is 14.7 Å². The van der Waals surface area contributed by atoms with Crippen LogP contribution in [0, 0.1) is 0 Å². The molecule has 8 heteroatoms. The fourth-order valence-electron chi connectivity index (χ4n) is 1.84. The zero-order chi connectivity index (χ0) is 16.4. The van der Waals surface area contributed by atoms with Crippen molar-refractivity contribution >= 4 is 62.2 Å². The van der Waals surface area contributed by atoms with Crippen LogP contribution >= 0.6 is 39.9 Å². The van der Waals surface area contributed by atoms with E-state index in [-0.39, 0.29) is 4.32 Å². The zero-order valence-corrected chi connectivity index (χ0v) is 14.9. The number of halogens is 1. The van der Waals surface area contributed by atoms with Gasteiger partial charge in [-0.05, 0) is 46.6 Å². The Bertz CT molecular complexity index is 689. The van der Waals surface area contributed by atoms with Crippen LogP contribution in [0.15, 0.2) is 27.6 Å². The molecule has 1 atom stereocenters. The highest BCUT2D eigenvalue weighted by Crippen LogP contribution is 2.35. The molecule has 5 nitrogen and oxygen atoms in total. The summed E-state index contributed by atoms with van der Waals surface area (Å²) in [5, 5.41) is 10.9. The predicted octanol–water partition coefficient (Wildman–Crippen LogP) is 1.80. The van der Waals surface area contributed by atoms with Gasteiger partial charge in [0, 0.05) is 0 Å². The number of carbonyl (C=O) groups is 2.